The molecular weight excluding hydrogens is 114 g/mol. The molecule has 3 heteroatoms. The third-order valence-corrected chi connectivity index (χ3v) is 0.978. The molecule has 0 aliphatic heterocycles. The van der Waals surface area contributed by atoms with Crippen LogP contribution >= 0.6 is 0 Å². The van der Waals surface area contributed by atoms with Crippen molar-refractivity contribution in [3.05, 3.63) is 0 Å². The summed E-state index contributed by atoms with van der Waals surface area (Å²) in [6, 6.07) is 3.71. The molecule has 48 valence electrons. The van der Waals surface area contributed by atoms with Crippen molar-refractivity contribution in [1.82, 2.24) is 5.32 Å². The first kappa shape index (κ1) is 7.94. The lowest BCUT2D eigenvalue weighted by molar-refractivity contribution is 0.566. The van der Waals surface area contributed by atoms with Crippen LogP contribution in [0.4, 0.5) is 0 Å². The lowest BCUT2D eigenvalue weighted by Gasteiger charge is -2.11. The number of hydrogen-bond donors (Lipinski definition) is 1. The molecule has 0 aromatic carbocycles. The maximum Gasteiger partial charge on any atom is 0.191 e. The second-order valence-corrected chi connectivity index (χ2v) is 1.88. The van der Waals surface area contributed by atoms with E-state index < -0.39 is 5.54 Å². The largest absolute Gasteiger partial charge is 0.288 e. The fraction of sp³-hybridized carbons (Fsp3) is 0.667. The van der Waals surface area contributed by atoms with Gasteiger partial charge >= 0.3 is 0 Å². The minimum absolute atomic E-state index is 0.637. The van der Waals surface area contributed by atoms with E-state index in [4.69, 9.17) is 10.5 Å². The van der Waals surface area contributed by atoms with E-state index >= 15 is 0 Å². The van der Waals surface area contributed by atoms with Gasteiger partial charge in [0.15, 0.2) is 5.54 Å². The maximum absolute atomic E-state index is 8.38. The number of hydrogen-bond acceptors (Lipinski definition) is 3. The first-order valence-corrected chi connectivity index (χ1v) is 2.76. The number of rotatable bonds is 2. The molecule has 3 nitrogen and oxygen atoms in total. The van der Waals surface area contributed by atoms with Gasteiger partial charge in [-0.25, -0.2) is 0 Å². The highest BCUT2D eigenvalue weighted by Crippen LogP contribution is 1.96. The molecule has 0 saturated heterocycles. The summed E-state index contributed by atoms with van der Waals surface area (Å²) in [7, 11) is 0. The van der Waals surface area contributed by atoms with Crippen LogP contribution < -0.4 is 5.32 Å². The molecule has 0 radical (unpaired) electrons. The molecule has 0 unspecified atom stereocenters. The summed E-state index contributed by atoms with van der Waals surface area (Å²) >= 11 is 0. The van der Waals surface area contributed by atoms with Crippen molar-refractivity contribution in [2.75, 3.05) is 6.54 Å². The fourth-order valence-corrected chi connectivity index (χ4v) is 0.458. The van der Waals surface area contributed by atoms with E-state index in [0.29, 0.717) is 6.54 Å². The fourth-order valence-electron chi connectivity index (χ4n) is 0.458. The topological polar surface area (TPSA) is 59.6 Å². The molecule has 0 fully saturated rings. The Morgan fingerprint density at radius 1 is 1.44 bits per heavy atom. The van der Waals surface area contributed by atoms with Crippen molar-refractivity contribution in [2.45, 2.75) is 19.4 Å². The normalized spacial score (nSPS) is 9.78. The van der Waals surface area contributed by atoms with Crippen molar-refractivity contribution < 1.29 is 0 Å². The van der Waals surface area contributed by atoms with E-state index in [9.17, 15) is 0 Å². The standard InChI is InChI=1S/C6H9N3/c1-3-9-6(2,4-7)5-8/h9H,3H2,1-2H3. The molecule has 0 atom stereocenters. The first-order chi connectivity index (χ1) is 4.18. The van der Waals surface area contributed by atoms with Crippen molar-refractivity contribution in [3.63, 3.8) is 0 Å². The highest BCUT2D eigenvalue weighted by molar-refractivity contribution is 5.18. The van der Waals surface area contributed by atoms with Crippen molar-refractivity contribution in [1.29, 1.82) is 10.5 Å². The van der Waals surface area contributed by atoms with Crippen LogP contribution in [0.1, 0.15) is 13.8 Å². The number of nitrogens with zero attached hydrogens (tertiary/aromatic N) is 2. The van der Waals surface area contributed by atoms with Gasteiger partial charge in [0.25, 0.3) is 0 Å². The summed E-state index contributed by atoms with van der Waals surface area (Å²) in [6.07, 6.45) is 0. The van der Waals surface area contributed by atoms with Gasteiger partial charge < -0.3 is 0 Å². The Labute approximate surface area is 54.9 Å². The summed E-state index contributed by atoms with van der Waals surface area (Å²) in [4.78, 5) is 0. The Kier molecular flexibility index (Phi) is 2.70. The molecule has 0 heterocycles. The zero-order valence-corrected chi connectivity index (χ0v) is 5.60. The SMILES string of the molecule is CCNC(C)(C#N)C#N. The molecule has 0 aliphatic rings. The predicted octanol–water partition coefficient (Wildman–Crippen LogP) is 0.402. The van der Waals surface area contributed by atoms with E-state index in [1.165, 1.54) is 0 Å². The second kappa shape index (κ2) is 3.06. The molecule has 0 saturated carbocycles. The minimum Gasteiger partial charge on any atom is -0.288 e. The minimum atomic E-state index is -1.01. The lowest BCUT2D eigenvalue weighted by Crippen LogP contribution is -2.38. The molecule has 0 aliphatic carbocycles. The van der Waals surface area contributed by atoms with E-state index in [1.54, 1.807) is 6.92 Å². The van der Waals surface area contributed by atoms with Gasteiger partial charge in [0.1, 0.15) is 12.1 Å². The van der Waals surface area contributed by atoms with Gasteiger partial charge in [-0.2, -0.15) is 10.5 Å². The maximum atomic E-state index is 8.38. The molecule has 0 amide bonds. The van der Waals surface area contributed by atoms with Gasteiger partial charge in [0.05, 0.1) is 0 Å². The monoisotopic (exact) mass is 123 g/mol. The molecule has 0 aromatic rings. The van der Waals surface area contributed by atoms with Gasteiger partial charge in [-0.05, 0) is 13.5 Å². The lowest BCUT2D eigenvalue weighted by atomic mass is 10.1. The van der Waals surface area contributed by atoms with Gasteiger partial charge in [-0.1, -0.05) is 6.92 Å². The van der Waals surface area contributed by atoms with Crippen LogP contribution in [0.5, 0.6) is 0 Å². The molecule has 0 rings (SSSR count). The molecule has 9 heavy (non-hydrogen) atoms. The Bertz CT molecular complexity index is 146. The molecule has 1 N–H and O–H groups in total. The highest BCUT2D eigenvalue weighted by Gasteiger charge is 2.19. The zero-order chi connectivity index (χ0) is 7.33. The Hall–Kier alpha value is -1.06. The Morgan fingerprint density at radius 2 is 1.89 bits per heavy atom. The third kappa shape index (κ3) is 2.12. The summed E-state index contributed by atoms with van der Waals surface area (Å²) < 4.78 is 0. The first-order valence-electron chi connectivity index (χ1n) is 2.76. The molecular formula is C6H9N3. The van der Waals surface area contributed by atoms with E-state index in [0.717, 1.165) is 0 Å². The average molecular weight is 123 g/mol. The second-order valence-electron chi connectivity index (χ2n) is 1.88. The Balaban J connectivity index is 4.02. The smallest absolute Gasteiger partial charge is 0.191 e. The summed E-state index contributed by atoms with van der Waals surface area (Å²) in [5, 5.41) is 19.5. The summed E-state index contributed by atoms with van der Waals surface area (Å²) in [6.45, 7) is 4.04. The van der Waals surface area contributed by atoms with E-state index in [2.05, 4.69) is 5.32 Å². The van der Waals surface area contributed by atoms with Crippen LogP contribution in [-0.4, -0.2) is 12.1 Å². The number of nitriles is 2. The predicted molar refractivity (Wildman–Crippen MR) is 33.3 cm³/mol. The van der Waals surface area contributed by atoms with E-state index in [-0.39, 0.29) is 0 Å². The van der Waals surface area contributed by atoms with Gasteiger partial charge in [0.2, 0.25) is 0 Å². The van der Waals surface area contributed by atoms with Crippen molar-refractivity contribution >= 4 is 0 Å². The quantitative estimate of drug-likeness (QED) is 0.578. The van der Waals surface area contributed by atoms with Crippen LogP contribution in [0.3, 0.4) is 0 Å². The van der Waals surface area contributed by atoms with Crippen molar-refractivity contribution in [3.8, 4) is 12.1 Å². The van der Waals surface area contributed by atoms with Crippen LogP contribution in [0, 0.1) is 22.7 Å². The average Bonchev–Trinajstić information content (AvgIpc) is 1.89. The summed E-state index contributed by atoms with van der Waals surface area (Å²) in [5.74, 6) is 0. The molecule has 0 bridgehead atoms. The summed E-state index contributed by atoms with van der Waals surface area (Å²) in [5.41, 5.74) is -1.01. The van der Waals surface area contributed by atoms with Crippen LogP contribution in [0.2, 0.25) is 0 Å². The van der Waals surface area contributed by atoms with Crippen LogP contribution in [0.25, 0.3) is 0 Å². The third-order valence-electron chi connectivity index (χ3n) is 0.978. The Morgan fingerprint density at radius 3 is 2.00 bits per heavy atom. The van der Waals surface area contributed by atoms with Crippen LogP contribution in [-0.2, 0) is 0 Å². The molecule has 0 spiro atoms. The van der Waals surface area contributed by atoms with Gasteiger partial charge in [0, 0.05) is 0 Å². The van der Waals surface area contributed by atoms with Gasteiger partial charge in [-0.15, -0.1) is 0 Å². The van der Waals surface area contributed by atoms with Crippen LogP contribution in [0.15, 0.2) is 0 Å². The number of nitrogens with one attached hydrogen (secondary N) is 1. The van der Waals surface area contributed by atoms with Gasteiger partial charge in [-0.3, -0.25) is 5.32 Å². The molecule has 0 aromatic heterocycles. The van der Waals surface area contributed by atoms with Crippen molar-refractivity contribution in [2.24, 2.45) is 0 Å². The van der Waals surface area contributed by atoms with E-state index in [1.807, 2.05) is 19.1 Å². The highest BCUT2D eigenvalue weighted by atomic mass is 14.9. The zero-order valence-electron chi connectivity index (χ0n) is 5.60.